The van der Waals surface area contributed by atoms with Crippen molar-refractivity contribution in [3.63, 3.8) is 0 Å². The second-order valence-corrected chi connectivity index (χ2v) is 8.97. The highest BCUT2D eigenvalue weighted by Crippen LogP contribution is 2.31. The van der Waals surface area contributed by atoms with Gasteiger partial charge in [-0.3, -0.25) is 4.79 Å². The topological polar surface area (TPSA) is 69.2 Å². The average molecular weight is 515 g/mol. The number of carbonyl (C=O) groups excluding carboxylic acids is 1. The van der Waals surface area contributed by atoms with Crippen LogP contribution in [0.4, 0.5) is 0 Å². The molecule has 184 valence electrons. The number of aryl methyl sites for hydroxylation is 1. The van der Waals surface area contributed by atoms with Crippen molar-refractivity contribution < 1.29 is 19.0 Å². The zero-order valence-corrected chi connectivity index (χ0v) is 21.6. The minimum Gasteiger partial charge on any atom is -0.493 e. The van der Waals surface area contributed by atoms with Crippen molar-refractivity contribution in [1.82, 2.24) is 5.43 Å². The maximum atomic E-state index is 12.1. The molecule has 1 N–H and O–H groups in total. The SMILES string of the molecule is COc1cc(/C=N/NC(=O)COc2ccc(C(C)C)c(C)c2)ccc1OCc1c(Cl)cccc1Cl. The summed E-state index contributed by atoms with van der Waals surface area (Å²) in [5.41, 5.74) is 6.26. The van der Waals surface area contributed by atoms with Gasteiger partial charge in [-0.1, -0.05) is 49.2 Å². The molecule has 8 heteroatoms. The molecular formula is C27H28Cl2N2O4. The number of ether oxygens (including phenoxy) is 3. The minimum atomic E-state index is -0.365. The number of rotatable bonds is 10. The van der Waals surface area contributed by atoms with E-state index in [2.05, 4.69) is 24.4 Å². The molecule has 0 saturated carbocycles. The van der Waals surface area contributed by atoms with E-state index in [0.717, 1.165) is 5.56 Å². The van der Waals surface area contributed by atoms with Gasteiger partial charge in [0.15, 0.2) is 18.1 Å². The number of amides is 1. The van der Waals surface area contributed by atoms with Crippen LogP contribution in [0.5, 0.6) is 17.2 Å². The third-order valence-electron chi connectivity index (χ3n) is 5.26. The zero-order valence-electron chi connectivity index (χ0n) is 20.1. The lowest BCUT2D eigenvalue weighted by Crippen LogP contribution is -2.24. The molecule has 0 aliphatic heterocycles. The molecule has 0 spiro atoms. The number of nitrogens with zero attached hydrogens (tertiary/aromatic N) is 1. The van der Waals surface area contributed by atoms with Crippen LogP contribution >= 0.6 is 23.2 Å². The standard InChI is InChI=1S/C27H28Cl2N2O4/c1-17(2)21-10-9-20(12-18(21)3)34-16-27(32)31-30-14-19-8-11-25(26(13-19)33-4)35-15-22-23(28)6-5-7-24(22)29/h5-14,17H,15-16H2,1-4H3,(H,31,32)/b30-14+. The molecule has 0 heterocycles. The number of nitrogens with one attached hydrogen (secondary N) is 1. The van der Waals surface area contributed by atoms with Crippen LogP contribution in [0.15, 0.2) is 59.7 Å². The first kappa shape index (κ1) is 26.4. The number of benzene rings is 3. The molecule has 0 fully saturated rings. The summed E-state index contributed by atoms with van der Waals surface area (Å²) in [6, 6.07) is 16.4. The van der Waals surface area contributed by atoms with Crippen molar-refractivity contribution in [2.24, 2.45) is 5.10 Å². The maximum Gasteiger partial charge on any atom is 0.277 e. The Morgan fingerprint density at radius 3 is 2.43 bits per heavy atom. The molecule has 0 bridgehead atoms. The highest BCUT2D eigenvalue weighted by Gasteiger charge is 2.10. The fraction of sp³-hybridized carbons (Fsp3) is 0.259. The molecule has 0 unspecified atom stereocenters. The molecule has 3 aromatic rings. The van der Waals surface area contributed by atoms with Crippen LogP contribution in [0.1, 0.15) is 42.0 Å². The van der Waals surface area contributed by atoms with Gasteiger partial charge in [-0.25, -0.2) is 5.43 Å². The average Bonchev–Trinajstić information content (AvgIpc) is 2.82. The van der Waals surface area contributed by atoms with Crippen LogP contribution in [0.2, 0.25) is 10.0 Å². The van der Waals surface area contributed by atoms with E-state index >= 15 is 0 Å². The van der Waals surface area contributed by atoms with E-state index in [9.17, 15) is 4.79 Å². The highest BCUT2D eigenvalue weighted by molar-refractivity contribution is 6.35. The summed E-state index contributed by atoms with van der Waals surface area (Å²) in [4.78, 5) is 12.1. The summed E-state index contributed by atoms with van der Waals surface area (Å²) in [7, 11) is 1.54. The Morgan fingerprint density at radius 1 is 1.03 bits per heavy atom. The van der Waals surface area contributed by atoms with Gasteiger partial charge in [0, 0.05) is 15.6 Å². The Morgan fingerprint density at radius 2 is 1.77 bits per heavy atom. The first-order valence-electron chi connectivity index (χ1n) is 11.1. The van der Waals surface area contributed by atoms with Crippen LogP contribution in [-0.2, 0) is 11.4 Å². The normalized spacial score (nSPS) is 11.1. The van der Waals surface area contributed by atoms with Crippen LogP contribution in [-0.4, -0.2) is 25.8 Å². The molecule has 0 aliphatic rings. The Kier molecular flexibility index (Phi) is 9.40. The Bertz CT molecular complexity index is 1190. The minimum absolute atomic E-state index is 0.140. The summed E-state index contributed by atoms with van der Waals surface area (Å²) in [5.74, 6) is 1.74. The fourth-order valence-electron chi connectivity index (χ4n) is 3.45. The van der Waals surface area contributed by atoms with Crippen molar-refractivity contribution in [1.29, 1.82) is 0 Å². The molecule has 3 rings (SSSR count). The van der Waals surface area contributed by atoms with Crippen molar-refractivity contribution in [3.8, 4) is 17.2 Å². The zero-order chi connectivity index (χ0) is 25.4. The van der Waals surface area contributed by atoms with Gasteiger partial charge in [0.05, 0.1) is 13.3 Å². The molecule has 0 atom stereocenters. The lowest BCUT2D eigenvalue weighted by molar-refractivity contribution is -0.123. The lowest BCUT2D eigenvalue weighted by Gasteiger charge is -2.13. The number of halogens is 2. The number of hydrazone groups is 1. The first-order chi connectivity index (χ1) is 16.8. The van der Waals surface area contributed by atoms with Crippen molar-refractivity contribution >= 4 is 35.3 Å². The summed E-state index contributed by atoms with van der Waals surface area (Å²) in [5, 5.41) is 5.06. The van der Waals surface area contributed by atoms with E-state index in [-0.39, 0.29) is 19.1 Å². The van der Waals surface area contributed by atoms with Crippen LogP contribution in [0, 0.1) is 6.92 Å². The predicted octanol–water partition coefficient (Wildman–Crippen LogP) is 6.54. The van der Waals surface area contributed by atoms with E-state index in [1.54, 1.807) is 43.5 Å². The molecular weight excluding hydrogens is 487 g/mol. The number of hydrogen-bond acceptors (Lipinski definition) is 5. The molecule has 0 aliphatic carbocycles. The van der Waals surface area contributed by atoms with Crippen molar-refractivity contribution in [3.05, 3.63) is 86.9 Å². The summed E-state index contributed by atoms with van der Waals surface area (Å²) in [6.07, 6.45) is 1.51. The summed E-state index contributed by atoms with van der Waals surface area (Å²) >= 11 is 12.4. The van der Waals surface area contributed by atoms with Crippen molar-refractivity contribution in [2.45, 2.75) is 33.3 Å². The van der Waals surface area contributed by atoms with E-state index in [1.807, 2.05) is 25.1 Å². The van der Waals surface area contributed by atoms with Gasteiger partial charge < -0.3 is 14.2 Å². The van der Waals surface area contributed by atoms with Gasteiger partial charge in [-0.2, -0.15) is 5.10 Å². The smallest absolute Gasteiger partial charge is 0.277 e. The van der Waals surface area contributed by atoms with Gasteiger partial charge in [-0.15, -0.1) is 0 Å². The quantitative estimate of drug-likeness (QED) is 0.246. The fourth-order valence-corrected chi connectivity index (χ4v) is 3.96. The van der Waals surface area contributed by atoms with E-state index in [4.69, 9.17) is 37.4 Å². The molecule has 1 amide bonds. The predicted molar refractivity (Wildman–Crippen MR) is 140 cm³/mol. The Balaban J connectivity index is 1.54. The third-order valence-corrected chi connectivity index (χ3v) is 5.97. The highest BCUT2D eigenvalue weighted by atomic mass is 35.5. The van der Waals surface area contributed by atoms with Crippen LogP contribution in [0.3, 0.4) is 0 Å². The molecule has 0 saturated heterocycles. The van der Waals surface area contributed by atoms with Gasteiger partial charge in [0.25, 0.3) is 5.91 Å². The van der Waals surface area contributed by atoms with E-state index in [1.165, 1.54) is 11.8 Å². The summed E-state index contributed by atoms with van der Waals surface area (Å²) in [6.45, 7) is 6.36. The third kappa shape index (κ3) is 7.38. The molecule has 3 aromatic carbocycles. The second-order valence-electron chi connectivity index (χ2n) is 8.15. The second kappa shape index (κ2) is 12.5. The van der Waals surface area contributed by atoms with Gasteiger partial charge in [0.1, 0.15) is 12.4 Å². The molecule has 35 heavy (non-hydrogen) atoms. The number of hydrogen-bond donors (Lipinski definition) is 1. The van der Waals surface area contributed by atoms with E-state index in [0.29, 0.717) is 44.3 Å². The first-order valence-corrected chi connectivity index (χ1v) is 11.8. The molecule has 0 radical (unpaired) electrons. The van der Waals surface area contributed by atoms with E-state index < -0.39 is 0 Å². The van der Waals surface area contributed by atoms with Crippen LogP contribution in [0.25, 0.3) is 0 Å². The summed E-state index contributed by atoms with van der Waals surface area (Å²) < 4.78 is 16.9. The van der Waals surface area contributed by atoms with Gasteiger partial charge in [-0.05, 0) is 72.0 Å². The number of carbonyl (C=O) groups is 1. The van der Waals surface area contributed by atoms with Crippen LogP contribution < -0.4 is 19.6 Å². The Hall–Kier alpha value is -3.22. The van der Waals surface area contributed by atoms with Crippen molar-refractivity contribution in [2.75, 3.05) is 13.7 Å². The lowest BCUT2D eigenvalue weighted by atomic mass is 9.98. The van der Waals surface area contributed by atoms with Gasteiger partial charge >= 0.3 is 0 Å². The molecule has 0 aromatic heterocycles. The Labute approximate surface area is 215 Å². The maximum absolute atomic E-state index is 12.1. The number of methoxy groups -OCH3 is 1. The largest absolute Gasteiger partial charge is 0.493 e. The molecule has 6 nitrogen and oxygen atoms in total. The monoisotopic (exact) mass is 514 g/mol. The van der Waals surface area contributed by atoms with Gasteiger partial charge in [0.2, 0.25) is 0 Å².